The van der Waals surface area contributed by atoms with Crippen LogP contribution in [0.2, 0.25) is 0 Å². The number of hydrogen-bond donors (Lipinski definition) is 2. The summed E-state index contributed by atoms with van der Waals surface area (Å²) in [5, 5.41) is 17.9. The normalized spacial score (nSPS) is 10.9. The van der Waals surface area contributed by atoms with Gasteiger partial charge in [0.05, 0.1) is 1.37 Å². The minimum Gasteiger partial charge on any atom is -0.423 e. The van der Waals surface area contributed by atoms with Crippen LogP contribution in [-0.4, -0.2) is 17.2 Å². The average molecular weight is 199 g/mol. The highest BCUT2D eigenvalue weighted by Gasteiger charge is 2.09. The maximum Gasteiger partial charge on any atom is 0.488 e. The molecule has 0 saturated carbocycles. The molecule has 0 aliphatic carbocycles. The molecule has 2 aromatic rings. The summed E-state index contributed by atoms with van der Waals surface area (Å²) >= 11 is 0. The summed E-state index contributed by atoms with van der Waals surface area (Å²) in [7, 11) is -1.43. The molecule has 2 aromatic carbocycles. The molecular weight excluding hydrogens is 187 g/mol. The lowest BCUT2D eigenvalue weighted by molar-refractivity contribution is 0.426. The summed E-state index contributed by atoms with van der Waals surface area (Å²) in [6, 6.07) is 14.7. The van der Waals surface area contributed by atoms with Gasteiger partial charge in [-0.2, -0.15) is 0 Å². The zero-order chi connectivity index (χ0) is 11.5. The monoisotopic (exact) mass is 199 g/mol. The van der Waals surface area contributed by atoms with Gasteiger partial charge in [-0.1, -0.05) is 54.6 Å². The van der Waals surface area contributed by atoms with Gasteiger partial charge in [-0.25, -0.2) is 0 Å². The molecule has 0 atom stereocenters. The summed E-state index contributed by atoms with van der Waals surface area (Å²) < 4.78 is 7.38. The molecule has 0 aliphatic heterocycles. The third kappa shape index (κ3) is 2.26. The molecule has 0 aromatic heterocycles. The van der Waals surface area contributed by atoms with Crippen LogP contribution in [0.25, 0.3) is 11.1 Å². The standard InChI is InChI=1S/C12H11BO2/c14-13(15)12-8-6-11(7-9-12)10-4-2-1-3-5-10/h1-9,14-15H/i1D. The molecule has 0 aliphatic rings. The van der Waals surface area contributed by atoms with Crippen molar-refractivity contribution >= 4 is 12.6 Å². The van der Waals surface area contributed by atoms with Crippen LogP contribution in [0.15, 0.2) is 54.6 Å². The van der Waals surface area contributed by atoms with Gasteiger partial charge in [0, 0.05) is 0 Å². The van der Waals surface area contributed by atoms with Crippen LogP contribution in [0.5, 0.6) is 0 Å². The van der Waals surface area contributed by atoms with Crippen molar-refractivity contribution in [3.63, 3.8) is 0 Å². The lowest BCUT2D eigenvalue weighted by atomic mass is 9.80. The van der Waals surface area contributed by atoms with Gasteiger partial charge in [-0.05, 0) is 16.6 Å². The molecule has 0 radical (unpaired) electrons. The molecule has 0 unspecified atom stereocenters. The van der Waals surface area contributed by atoms with E-state index < -0.39 is 7.12 Å². The van der Waals surface area contributed by atoms with Crippen molar-refractivity contribution < 1.29 is 11.4 Å². The Morgan fingerprint density at radius 1 is 0.867 bits per heavy atom. The number of benzene rings is 2. The Hall–Kier alpha value is -1.58. The molecule has 0 heterocycles. The molecule has 74 valence electrons. The minimum absolute atomic E-state index is 0.473. The molecule has 0 amide bonds. The van der Waals surface area contributed by atoms with Crippen molar-refractivity contribution in [2.75, 3.05) is 0 Å². The Morgan fingerprint density at radius 3 is 1.93 bits per heavy atom. The van der Waals surface area contributed by atoms with Gasteiger partial charge in [-0.3, -0.25) is 0 Å². The molecule has 0 saturated heterocycles. The second kappa shape index (κ2) is 4.30. The lowest BCUT2D eigenvalue weighted by Gasteiger charge is -2.03. The Balaban J connectivity index is 2.31. The first-order valence-corrected chi connectivity index (χ1v) is 4.70. The van der Waals surface area contributed by atoms with Crippen molar-refractivity contribution in [3.8, 4) is 11.1 Å². The van der Waals surface area contributed by atoms with Gasteiger partial charge in [0.1, 0.15) is 0 Å². The van der Waals surface area contributed by atoms with Crippen LogP contribution >= 0.6 is 0 Å². The largest absolute Gasteiger partial charge is 0.488 e. The van der Waals surface area contributed by atoms with E-state index in [2.05, 4.69) is 0 Å². The SMILES string of the molecule is [2H]c1ccc(-c2ccc(B(O)O)cc2)cc1. The lowest BCUT2D eigenvalue weighted by Crippen LogP contribution is -2.29. The van der Waals surface area contributed by atoms with Crippen LogP contribution in [0, 0.1) is 0 Å². The third-order valence-electron chi connectivity index (χ3n) is 2.26. The van der Waals surface area contributed by atoms with Gasteiger partial charge in [0.25, 0.3) is 0 Å². The molecule has 0 bridgehead atoms. The average Bonchev–Trinajstić information content (AvgIpc) is 2.30. The quantitative estimate of drug-likeness (QED) is 0.709. The Bertz CT molecular complexity index is 465. The van der Waals surface area contributed by atoms with Crippen molar-refractivity contribution in [3.05, 3.63) is 54.6 Å². The van der Waals surface area contributed by atoms with E-state index >= 15 is 0 Å². The molecule has 2 rings (SSSR count). The van der Waals surface area contributed by atoms with E-state index in [1.807, 2.05) is 24.3 Å². The molecular formula is C12H11BO2. The number of rotatable bonds is 2. The fourth-order valence-electron chi connectivity index (χ4n) is 1.43. The van der Waals surface area contributed by atoms with Gasteiger partial charge < -0.3 is 10.0 Å². The summed E-state index contributed by atoms with van der Waals surface area (Å²) in [4.78, 5) is 0. The van der Waals surface area contributed by atoms with E-state index in [1.165, 1.54) is 0 Å². The second-order valence-electron chi connectivity index (χ2n) is 3.28. The smallest absolute Gasteiger partial charge is 0.423 e. The van der Waals surface area contributed by atoms with E-state index in [-0.39, 0.29) is 0 Å². The molecule has 2 nitrogen and oxygen atoms in total. The van der Waals surface area contributed by atoms with Gasteiger partial charge >= 0.3 is 7.12 Å². The molecule has 3 heteroatoms. The van der Waals surface area contributed by atoms with Gasteiger partial charge in [-0.15, -0.1) is 0 Å². The van der Waals surface area contributed by atoms with Crippen molar-refractivity contribution in [2.45, 2.75) is 0 Å². The van der Waals surface area contributed by atoms with E-state index in [4.69, 9.17) is 11.4 Å². The molecule has 0 spiro atoms. The Labute approximate surface area is 90.4 Å². The predicted octanol–water partition coefficient (Wildman–Crippen LogP) is 1.03. The first-order chi connectivity index (χ1) is 7.66. The second-order valence-corrected chi connectivity index (χ2v) is 3.28. The maximum atomic E-state index is 8.95. The van der Waals surface area contributed by atoms with Gasteiger partial charge in [0.15, 0.2) is 0 Å². The molecule has 15 heavy (non-hydrogen) atoms. The molecule has 0 fully saturated rings. The summed E-state index contributed by atoms with van der Waals surface area (Å²) in [6.45, 7) is 0. The van der Waals surface area contributed by atoms with Crippen molar-refractivity contribution in [2.24, 2.45) is 0 Å². The predicted molar refractivity (Wildman–Crippen MR) is 61.7 cm³/mol. The van der Waals surface area contributed by atoms with E-state index in [0.717, 1.165) is 11.1 Å². The minimum atomic E-state index is -1.43. The molecule has 2 N–H and O–H groups in total. The van der Waals surface area contributed by atoms with E-state index in [9.17, 15) is 0 Å². The maximum absolute atomic E-state index is 8.95. The highest BCUT2D eigenvalue weighted by Crippen LogP contribution is 2.16. The zero-order valence-electron chi connectivity index (χ0n) is 9.09. The highest BCUT2D eigenvalue weighted by molar-refractivity contribution is 6.58. The Morgan fingerprint density at radius 2 is 1.40 bits per heavy atom. The summed E-state index contributed by atoms with van der Waals surface area (Å²) in [5.74, 6) is 0. The summed E-state index contributed by atoms with van der Waals surface area (Å²) in [6.07, 6.45) is 0. The number of hydrogen-bond acceptors (Lipinski definition) is 2. The van der Waals surface area contributed by atoms with E-state index in [1.54, 1.807) is 24.3 Å². The fraction of sp³-hybridized carbons (Fsp3) is 0. The first kappa shape index (κ1) is 8.71. The fourth-order valence-corrected chi connectivity index (χ4v) is 1.43. The zero-order valence-corrected chi connectivity index (χ0v) is 8.09. The van der Waals surface area contributed by atoms with Crippen LogP contribution < -0.4 is 5.46 Å². The van der Waals surface area contributed by atoms with Gasteiger partial charge in [0.2, 0.25) is 0 Å². The Kier molecular flexibility index (Phi) is 2.50. The first-order valence-electron chi connectivity index (χ1n) is 5.20. The van der Waals surface area contributed by atoms with Crippen LogP contribution in [-0.2, 0) is 0 Å². The van der Waals surface area contributed by atoms with Crippen molar-refractivity contribution in [1.29, 1.82) is 0 Å². The van der Waals surface area contributed by atoms with Crippen LogP contribution in [0.4, 0.5) is 0 Å². The van der Waals surface area contributed by atoms with Crippen LogP contribution in [0.3, 0.4) is 0 Å². The van der Waals surface area contributed by atoms with Crippen molar-refractivity contribution in [1.82, 2.24) is 0 Å². The third-order valence-corrected chi connectivity index (χ3v) is 2.26. The summed E-state index contributed by atoms with van der Waals surface area (Å²) in [5.41, 5.74) is 2.47. The van der Waals surface area contributed by atoms with Crippen LogP contribution in [0.1, 0.15) is 1.37 Å². The van der Waals surface area contributed by atoms with E-state index in [0.29, 0.717) is 11.5 Å². The topological polar surface area (TPSA) is 40.5 Å². The highest BCUT2D eigenvalue weighted by atomic mass is 16.4.